The van der Waals surface area contributed by atoms with Crippen molar-refractivity contribution in [1.29, 1.82) is 0 Å². The van der Waals surface area contributed by atoms with Crippen LogP contribution in [0, 0.1) is 10.1 Å². The van der Waals surface area contributed by atoms with E-state index in [9.17, 15) is 19.7 Å². The Morgan fingerprint density at radius 1 is 0.976 bits per heavy atom. The highest BCUT2D eigenvalue weighted by Gasteiger charge is 2.26. The average molecular weight is 561 g/mol. The zero-order valence-corrected chi connectivity index (χ0v) is 23.6. The third kappa shape index (κ3) is 5.98. The summed E-state index contributed by atoms with van der Waals surface area (Å²) in [5.41, 5.74) is 1.72. The Hall–Kier alpha value is -5.11. The number of unbranched alkanes of at least 4 members (excludes halogenated alkanes) is 2. The van der Waals surface area contributed by atoms with Gasteiger partial charge in [0, 0.05) is 24.8 Å². The number of aromatic nitrogens is 2. The fraction of sp³-hybridized carbons (Fsp3) is 0.206. The number of hydrogen-bond acceptors (Lipinski definition) is 5. The highest BCUT2D eigenvalue weighted by molar-refractivity contribution is 5.92. The van der Waals surface area contributed by atoms with Gasteiger partial charge in [0.25, 0.3) is 11.2 Å². The standard InChI is InChI=1S/C34H32N4O4/c1-3-4-9-22-36(32(39)21-16-25-14-18-28(19-15-25)38(41)42)24(2)33-35-31-13-8-7-12-30(31)34(40)37(33)29-20-17-26-10-5-6-11-27(26)23-29/h5-8,10-21,23-24H,3-4,9,22H2,1-2H3/b21-16+. The maximum absolute atomic E-state index is 14.0. The second kappa shape index (κ2) is 12.6. The van der Waals surface area contributed by atoms with Crippen molar-refractivity contribution in [3.05, 3.63) is 129 Å². The fourth-order valence-electron chi connectivity index (χ4n) is 5.13. The van der Waals surface area contributed by atoms with Gasteiger partial charge in [0.1, 0.15) is 5.82 Å². The number of rotatable bonds is 10. The molecule has 0 aliphatic rings. The molecule has 1 aromatic heterocycles. The monoisotopic (exact) mass is 560 g/mol. The summed E-state index contributed by atoms with van der Waals surface area (Å²) in [4.78, 5) is 44.9. The summed E-state index contributed by atoms with van der Waals surface area (Å²) in [5.74, 6) is 0.243. The van der Waals surface area contributed by atoms with Crippen LogP contribution in [-0.4, -0.2) is 31.8 Å². The van der Waals surface area contributed by atoms with Gasteiger partial charge in [-0.1, -0.05) is 62.2 Å². The Bertz CT molecular complexity index is 1840. The molecule has 1 unspecified atom stereocenters. The lowest BCUT2D eigenvalue weighted by Gasteiger charge is -2.30. The van der Waals surface area contributed by atoms with E-state index in [1.165, 1.54) is 18.2 Å². The molecule has 0 aliphatic heterocycles. The molecule has 1 heterocycles. The maximum atomic E-state index is 14.0. The molecule has 0 bridgehead atoms. The number of benzene rings is 4. The molecule has 1 atom stereocenters. The summed E-state index contributed by atoms with van der Waals surface area (Å²) in [7, 11) is 0. The van der Waals surface area contributed by atoms with Crippen LogP contribution < -0.4 is 5.56 Å². The van der Waals surface area contributed by atoms with Crippen molar-refractivity contribution in [2.75, 3.05) is 6.54 Å². The number of fused-ring (bicyclic) bond motifs is 2. The van der Waals surface area contributed by atoms with Crippen molar-refractivity contribution in [1.82, 2.24) is 14.5 Å². The molecule has 212 valence electrons. The number of nitro benzene ring substituents is 1. The minimum atomic E-state index is -0.528. The first-order chi connectivity index (χ1) is 20.4. The lowest BCUT2D eigenvalue weighted by atomic mass is 10.1. The first-order valence-corrected chi connectivity index (χ1v) is 14.1. The predicted molar refractivity (Wildman–Crippen MR) is 167 cm³/mol. The van der Waals surface area contributed by atoms with Gasteiger partial charge in [-0.3, -0.25) is 24.3 Å². The summed E-state index contributed by atoms with van der Waals surface area (Å²) in [5, 5.41) is 13.6. The van der Waals surface area contributed by atoms with Crippen LogP contribution in [0.25, 0.3) is 33.4 Å². The van der Waals surface area contributed by atoms with E-state index in [-0.39, 0.29) is 17.2 Å². The van der Waals surface area contributed by atoms with E-state index in [0.717, 1.165) is 30.0 Å². The quantitative estimate of drug-likeness (QED) is 0.0776. The van der Waals surface area contributed by atoms with Gasteiger partial charge in [0.2, 0.25) is 5.91 Å². The van der Waals surface area contributed by atoms with Gasteiger partial charge < -0.3 is 4.90 Å². The molecular weight excluding hydrogens is 528 g/mol. The van der Waals surface area contributed by atoms with Crippen molar-refractivity contribution in [3.63, 3.8) is 0 Å². The SMILES string of the molecule is CCCCCN(C(=O)/C=C/c1ccc([N+](=O)[O-])cc1)C(C)c1nc2ccccc2c(=O)n1-c1ccc2ccccc2c1. The summed E-state index contributed by atoms with van der Waals surface area (Å²) in [6, 6.07) is 26.6. The molecule has 0 aliphatic carbocycles. The molecule has 0 saturated heterocycles. The van der Waals surface area contributed by atoms with Crippen molar-refractivity contribution < 1.29 is 9.72 Å². The van der Waals surface area contributed by atoms with Crippen LogP contribution in [-0.2, 0) is 4.79 Å². The molecule has 0 radical (unpaired) electrons. The Labute approximate surface area is 243 Å². The second-order valence-corrected chi connectivity index (χ2v) is 10.3. The Morgan fingerprint density at radius 3 is 2.43 bits per heavy atom. The van der Waals surface area contributed by atoms with E-state index in [4.69, 9.17) is 4.98 Å². The van der Waals surface area contributed by atoms with Crippen LogP contribution in [0.4, 0.5) is 5.69 Å². The normalized spacial score (nSPS) is 12.1. The van der Waals surface area contributed by atoms with Crippen LogP contribution in [0.5, 0.6) is 0 Å². The van der Waals surface area contributed by atoms with E-state index >= 15 is 0 Å². The van der Waals surface area contributed by atoms with Gasteiger partial charge in [0.05, 0.1) is 27.6 Å². The second-order valence-electron chi connectivity index (χ2n) is 10.3. The van der Waals surface area contributed by atoms with Crippen LogP contribution in [0.15, 0.2) is 102 Å². The molecule has 8 nitrogen and oxygen atoms in total. The minimum Gasteiger partial charge on any atom is -0.329 e. The Balaban J connectivity index is 1.58. The predicted octanol–water partition coefficient (Wildman–Crippen LogP) is 7.24. The topological polar surface area (TPSA) is 98.3 Å². The number of non-ortho nitro benzene ring substituents is 1. The van der Waals surface area contributed by atoms with Crippen molar-refractivity contribution in [2.24, 2.45) is 0 Å². The van der Waals surface area contributed by atoms with E-state index in [1.807, 2.05) is 67.6 Å². The van der Waals surface area contributed by atoms with Gasteiger partial charge in [-0.05, 0) is 72.2 Å². The third-order valence-electron chi connectivity index (χ3n) is 7.44. The lowest BCUT2D eigenvalue weighted by Crippen LogP contribution is -2.37. The number of carbonyl (C=O) groups excluding carboxylic acids is 1. The van der Waals surface area contributed by atoms with Crippen LogP contribution in [0.3, 0.4) is 0 Å². The lowest BCUT2D eigenvalue weighted by molar-refractivity contribution is -0.384. The largest absolute Gasteiger partial charge is 0.329 e. The van der Waals surface area contributed by atoms with E-state index < -0.39 is 11.0 Å². The Kier molecular flexibility index (Phi) is 8.52. The highest BCUT2D eigenvalue weighted by Crippen LogP contribution is 2.26. The number of amides is 1. The number of nitrogens with zero attached hydrogens (tertiary/aromatic N) is 4. The molecule has 4 aromatic carbocycles. The Morgan fingerprint density at radius 2 is 1.69 bits per heavy atom. The van der Waals surface area contributed by atoms with Gasteiger partial charge in [-0.2, -0.15) is 0 Å². The number of carbonyl (C=O) groups is 1. The van der Waals surface area contributed by atoms with Crippen LogP contribution in [0.1, 0.15) is 50.5 Å². The summed E-state index contributed by atoms with van der Waals surface area (Å²) in [6.45, 7) is 4.49. The van der Waals surface area contributed by atoms with E-state index in [1.54, 1.807) is 33.7 Å². The van der Waals surface area contributed by atoms with Crippen molar-refractivity contribution >= 4 is 39.3 Å². The van der Waals surface area contributed by atoms with Crippen molar-refractivity contribution in [2.45, 2.75) is 39.2 Å². The smallest absolute Gasteiger partial charge is 0.269 e. The molecule has 0 saturated carbocycles. The fourth-order valence-corrected chi connectivity index (χ4v) is 5.13. The number of nitro groups is 1. The van der Waals surface area contributed by atoms with Gasteiger partial charge in [0.15, 0.2) is 0 Å². The molecule has 1 amide bonds. The first kappa shape index (κ1) is 28.4. The summed E-state index contributed by atoms with van der Waals surface area (Å²) in [6.07, 6.45) is 5.86. The molecule has 8 heteroatoms. The van der Waals surface area contributed by atoms with E-state index in [2.05, 4.69) is 6.92 Å². The molecule has 5 rings (SSSR count). The minimum absolute atomic E-state index is 0.0117. The first-order valence-electron chi connectivity index (χ1n) is 14.1. The average Bonchev–Trinajstić information content (AvgIpc) is 3.01. The molecule has 42 heavy (non-hydrogen) atoms. The number of para-hydroxylation sites is 1. The zero-order valence-electron chi connectivity index (χ0n) is 23.6. The van der Waals surface area contributed by atoms with Gasteiger partial charge in [-0.25, -0.2) is 4.98 Å². The van der Waals surface area contributed by atoms with Gasteiger partial charge >= 0.3 is 0 Å². The molecule has 0 spiro atoms. The van der Waals surface area contributed by atoms with Gasteiger partial charge in [-0.15, -0.1) is 0 Å². The summed E-state index contributed by atoms with van der Waals surface area (Å²) >= 11 is 0. The molecule has 0 fully saturated rings. The number of hydrogen-bond donors (Lipinski definition) is 0. The van der Waals surface area contributed by atoms with Crippen LogP contribution >= 0.6 is 0 Å². The van der Waals surface area contributed by atoms with Crippen LogP contribution in [0.2, 0.25) is 0 Å². The summed E-state index contributed by atoms with van der Waals surface area (Å²) < 4.78 is 1.62. The molecular formula is C34H32N4O4. The molecule has 0 N–H and O–H groups in total. The third-order valence-corrected chi connectivity index (χ3v) is 7.44. The van der Waals surface area contributed by atoms with E-state index in [0.29, 0.717) is 34.5 Å². The zero-order chi connectivity index (χ0) is 29.6. The maximum Gasteiger partial charge on any atom is 0.269 e. The van der Waals surface area contributed by atoms with Crippen molar-refractivity contribution in [3.8, 4) is 5.69 Å². The highest BCUT2D eigenvalue weighted by atomic mass is 16.6. The molecule has 5 aromatic rings.